The van der Waals surface area contributed by atoms with Crippen molar-refractivity contribution in [2.24, 2.45) is 5.92 Å². The summed E-state index contributed by atoms with van der Waals surface area (Å²) >= 11 is 0. The number of benzene rings is 8. The first-order valence-corrected chi connectivity index (χ1v) is 51.1. The van der Waals surface area contributed by atoms with Crippen LogP contribution < -0.4 is 37.9 Å². The summed E-state index contributed by atoms with van der Waals surface area (Å²) in [5, 5.41) is 0. The van der Waals surface area contributed by atoms with Crippen LogP contribution in [0.2, 0.25) is 0 Å². The van der Waals surface area contributed by atoms with Gasteiger partial charge >= 0.3 is 0 Å². The third-order valence-corrected chi connectivity index (χ3v) is 28.1. The van der Waals surface area contributed by atoms with Gasteiger partial charge in [0.2, 0.25) is 0 Å². The summed E-state index contributed by atoms with van der Waals surface area (Å²) in [6, 6.07) is 63.3. The summed E-state index contributed by atoms with van der Waals surface area (Å²) in [6.07, 6.45) is 15.1. The van der Waals surface area contributed by atoms with Crippen molar-refractivity contribution in [2.75, 3.05) is 134 Å². The molecule has 8 fully saturated rings. The molecule has 9 atom stereocenters. The van der Waals surface area contributed by atoms with E-state index in [4.69, 9.17) is 80.5 Å². The fraction of sp³-hybridized carbons (Fsp3) is 0.548. The van der Waals surface area contributed by atoms with Gasteiger partial charge in [-0.2, -0.15) is 0 Å². The van der Waals surface area contributed by atoms with E-state index in [9.17, 15) is 19.2 Å². The van der Waals surface area contributed by atoms with E-state index in [2.05, 4.69) is 125 Å². The van der Waals surface area contributed by atoms with E-state index in [-0.39, 0.29) is 107 Å². The van der Waals surface area contributed by atoms with Crippen molar-refractivity contribution in [3.8, 4) is 46.0 Å². The molecule has 8 aliphatic heterocycles. The number of hydrogen-bond donors (Lipinski definition) is 0. The van der Waals surface area contributed by atoms with E-state index in [0.29, 0.717) is 173 Å². The molecule has 8 saturated heterocycles. The molecule has 8 aromatic carbocycles. The highest BCUT2D eigenvalue weighted by Gasteiger charge is 2.50. The van der Waals surface area contributed by atoms with Crippen LogP contribution >= 0.6 is 0 Å². The van der Waals surface area contributed by atoms with Gasteiger partial charge in [-0.15, -0.1) is 0 Å². The van der Waals surface area contributed by atoms with Crippen molar-refractivity contribution >= 4 is 23.6 Å². The highest BCUT2D eigenvalue weighted by atomic mass is 16.6. The summed E-state index contributed by atoms with van der Waals surface area (Å²) < 4.78 is 102. The molecule has 25 heteroatoms. The Morgan fingerprint density at radius 1 is 0.343 bits per heavy atom. The number of amides is 4. The Morgan fingerprint density at radius 3 is 0.864 bits per heavy atom. The van der Waals surface area contributed by atoms with Crippen LogP contribution in [0.5, 0.6) is 46.0 Å². The summed E-state index contributed by atoms with van der Waals surface area (Å²) in [5.41, 5.74) is 5.80. The minimum atomic E-state index is -0.350. The summed E-state index contributed by atoms with van der Waals surface area (Å²) in [6.45, 7) is 32.0. The van der Waals surface area contributed by atoms with Gasteiger partial charge in [0, 0.05) is 160 Å². The number of likely N-dealkylation sites (tertiary alicyclic amines) is 4. The fourth-order valence-corrected chi connectivity index (χ4v) is 20.7. The highest BCUT2D eigenvalue weighted by Crippen LogP contribution is 2.50. The number of hydrogen-bond acceptors (Lipinski definition) is 21. The van der Waals surface area contributed by atoms with Crippen molar-refractivity contribution in [3.63, 3.8) is 0 Å². The first-order chi connectivity index (χ1) is 67.7. The topological polar surface area (TPSA) is 238 Å². The van der Waals surface area contributed by atoms with Gasteiger partial charge in [0.05, 0.1) is 119 Å². The summed E-state index contributed by atoms with van der Waals surface area (Å²) in [7, 11) is 8.02. The number of piperidine rings is 4. The minimum Gasteiger partial charge on any atom is -0.493 e. The lowest BCUT2D eigenvalue weighted by atomic mass is 9.80. The average Bonchev–Trinajstić information content (AvgIpc) is 0.784. The lowest BCUT2D eigenvalue weighted by Gasteiger charge is -2.48. The molecular formula is C115H154N4O21. The van der Waals surface area contributed by atoms with Gasteiger partial charge in [-0.1, -0.05) is 142 Å². The zero-order chi connectivity index (χ0) is 99.4. The van der Waals surface area contributed by atoms with Crippen LogP contribution in [0, 0.1) is 5.92 Å². The molecule has 0 aliphatic carbocycles. The molecule has 4 spiro atoms. The van der Waals surface area contributed by atoms with E-state index >= 15 is 0 Å². The van der Waals surface area contributed by atoms with Gasteiger partial charge in [-0.05, 0) is 214 Å². The van der Waals surface area contributed by atoms with Crippen LogP contribution in [0.1, 0.15) is 273 Å². The van der Waals surface area contributed by atoms with Crippen LogP contribution in [-0.4, -0.2) is 236 Å². The number of methoxy groups -OCH3 is 5. The van der Waals surface area contributed by atoms with E-state index in [0.717, 1.165) is 109 Å². The standard InChI is InChI=1S/3C29H39NO5.C28H37NO6/c1-6-33-23-19-25(21-10-8-7-9-11-21)35-29(20-23)14-16-30(17-15-29)27(31)22-12-13-24(26(18-22)32-5)34-28(2,3)4;1-5-33-24-18-26(22-9-7-6-8-10-22)35-29(19-24)13-15-30(16-14-29)28(31)23-11-12-25(27(17-23)32-4)34-20-21(2)3;1-5-21(3)34-25-13-12-23(18-27(25)32-4)28(31)30-16-14-29(15-17-30)20-24(33-6-2)19-26(35-29)22-10-8-7-9-11-22;1-4-33-23-19-25(21-8-6-5-7-9-21)35-28(20-23)12-14-29(15-13-28)27(30)22-10-11-24(26(18-22)32-3)34-17-16-31-2/h7-13,18,23,25H,6,14-17,19-20H2,1-5H3;6-12,17,21,24,26H,5,13-16,18-20H2,1-4H3;7-13,18,21,24,26H,5-6,14-17,19-20H2,1-4H3;5-11,18,23,25H,4,12-17,19-20H2,1-3H3/t;;21-,24?,26?;/m..0./s1. The van der Waals surface area contributed by atoms with Gasteiger partial charge in [-0.25, -0.2) is 0 Å². The molecule has 16 rings (SSSR count). The first-order valence-electron chi connectivity index (χ1n) is 51.1. The molecule has 140 heavy (non-hydrogen) atoms. The van der Waals surface area contributed by atoms with E-state index < -0.39 is 0 Å². The number of nitrogens with zero attached hydrogens (tertiary/aromatic N) is 4. The van der Waals surface area contributed by atoms with E-state index in [1.54, 1.807) is 71.9 Å². The Hall–Kier alpha value is -10.3. The normalized spacial score (nSPS) is 22.0. The lowest BCUT2D eigenvalue weighted by Crippen LogP contribution is -2.52. The molecule has 760 valence electrons. The lowest BCUT2D eigenvalue weighted by molar-refractivity contribution is -0.191. The molecule has 8 aliphatic rings. The van der Waals surface area contributed by atoms with Crippen molar-refractivity contribution in [1.29, 1.82) is 0 Å². The molecule has 25 nitrogen and oxygen atoms in total. The fourth-order valence-electron chi connectivity index (χ4n) is 20.7. The third-order valence-electron chi connectivity index (χ3n) is 28.1. The van der Waals surface area contributed by atoms with Crippen LogP contribution in [0.15, 0.2) is 194 Å². The second-order valence-corrected chi connectivity index (χ2v) is 39.6. The molecule has 0 N–H and O–H groups in total. The predicted molar refractivity (Wildman–Crippen MR) is 542 cm³/mol. The highest BCUT2D eigenvalue weighted by molar-refractivity contribution is 5.97. The Balaban J connectivity index is 0.000000157. The Kier molecular flexibility index (Phi) is 39.0. The molecule has 8 aromatic rings. The number of carbonyl (C=O) groups is 4. The molecule has 0 bridgehead atoms. The molecular weight excluding hydrogens is 1770 g/mol. The van der Waals surface area contributed by atoms with Crippen LogP contribution in [-0.2, 0) is 42.6 Å². The van der Waals surface area contributed by atoms with Crippen LogP contribution in [0.4, 0.5) is 0 Å². The van der Waals surface area contributed by atoms with Gasteiger partial charge < -0.3 is 100 Å². The minimum absolute atomic E-state index is 0.00151. The molecule has 0 radical (unpaired) electrons. The molecule has 0 saturated carbocycles. The maximum Gasteiger partial charge on any atom is 0.253 e. The predicted octanol–water partition coefficient (Wildman–Crippen LogP) is 21.9. The average molecular weight is 1930 g/mol. The van der Waals surface area contributed by atoms with Gasteiger partial charge in [0.25, 0.3) is 23.6 Å². The first kappa shape index (κ1) is 107. The number of rotatable bonds is 31. The summed E-state index contributed by atoms with van der Waals surface area (Å²) in [4.78, 5) is 61.0. The second-order valence-electron chi connectivity index (χ2n) is 39.6. The van der Waals surface area contributed by atoms with Crippen LogP contribution in [0.3, 0.4) is 0 Å². The quantitative estimate of drug-likeness (QED) is 0.0367. The zero-order valence-electron chi connectivity index (χ0n) is 85.7. The summed E-state index contributed by atoms with van der Waals surface area (Å²) in [5.74, 6) is 5.32. The second kappa shape index (κ2) is 51.1. The zero-order valence-corrected chi connectivity index (χ0v) is 85.7. The van der Waals surface area contributed by atoms with Gasteiger partial charge in [-0.3, -0.25) is 19.2 Å². The van der Waals surface area contributed by atoms with Gasteiger partial charge in [0.15, 0.2) is 46.0 Å². The van der Waals surface area contributed by atoms with E-state index in [1.165, 1.54) is 22.3 Å². The largest absolute Gasteiger partial charge is 0.493 e. The number of carbonyl (C=O) groups excluding carboxylic acids is 4. The monoisotopic (exact) mass is 1930 g/mol. The molecule has 8 heterocycles. The maximum atomic E-state index is 13.4. The van der Waals surface area contributed by atoms with Crippen LogP contribution in [0.25, 0.3) is 0 Å². The van der Waals surface area contributed by atoms with Crippen molar-refractivity contribution in [1.82, 2.24) is 19.6 Å². The van der Waals surface area contributed by atoms with Gasteiger partial charge in [0.1, 0.15) is 12.2 Å². The number of ether oxygens (including phenoxy) is 17. The molecule has 0 aromatic heterocycles. The van der Waals surface area contributed by atoms with Crippen molar-refractivity contribution in [3.05, 3.63) is 239 Å². The molecule has 8 unspecified atom stereocenters. The Bertz CT molecular complexity index is 5160. The smallest absolute Gasteiger partial charge is 0.253 e. The SMILES string of the molecule is CCOC1CC(c2ccccc2)OC2(CCN(C(=O)c3ccc(OC(C)(C)C)c(OC)c3)CC2)C1.CCOC1CC(c2ccccc2)OC2(CCN(C(=O)c3ccc(OCC(C)C)c(OC)c3)CC2)C1.CCOC1CC(c2ccccc2)OC2(CCN(C(=O)c3ccc(OCCOC)c(OC)c3)CC2)C1.CCOC1CC(c2ccccc2)OC2(CCN(C(=O)c3ccc(O[C@@H](C)CC)c(OC)c3)CC2)C1. The maximum absolute atomic E-state index is 13.4. The van der Waals surface area contributed by atoms with Crippen molar-refractivity contribution in [2.45, 2.75) is 268 Å². The Morgan fingerprint density at radius 2 is 0.607 bits per heavy atom. The third kappa shape index (κ3) is 28.8. The Labute approximate surface area is 831 Å². The van der Waals surface area contributed by atoms with E-state index in [1.807, 2.05) is 129 Å². The van der Waals surface area contributed by atoms with Crippen molar-refractivity contribution < 1.29 is 99.7 Å². The molecule has 4 amide bonds.